The summed E-state index contributed by atoms with van der Waals surface area (Å²) in [5.41, 5.74) is -0.571. The number of carbonyl (C=O) groups is 1. The molecule has 0 radical (unpaired) electrons. The van der Waals surface area contributed by atoms with E-state index in [0.29, 0.717) is 11.5 Å². The second kappa shape index (κ2) is 7.12. The zero-order valence-electron chi connectivity index (χ0n) is 12.9. The Hall–Kier alpha value is -2.90. The molecular weight excluding hydrogens is 325 g/mol. The van der Waals surface area contributed by atoms with Crippen molar-refractivity contribution in [3.8, 4) is 11.5 Å². The van der Waals surface area contributed by atoms with E-state index in [1.807, 2.05) is 0 Å². The molecule has 0 aliphatic carbocycles. The van der Waals surface area contributed by atoms with Crippen LogP contribution in [0.4, 0.5) is 29.3 Å². The first-order valence-electron chi connectivity index (χ1n) is 6.81. The van der Waals surface area contributed by atoms with E-state index in [1.165, 1.54) is 26.4 Å². The van der Waals surface area contributed by atoms with Crippen LogP contribution in [0.5, 0.6) is 11.5 Å². The number of nitrogens with one attached hydrogen (secondary N) is 2. The Balaban J connectivity index is 2.18. The monoisotopic (exact) mass is 340 g/mol. The number of ether oxygens (including phenoxy) is 2. The van der Waals surface area contributed by atoms with Gasteiger partial charge in [-0.1, -0.05) is 12.1 Å². The molecule has 5 nitrogen and oxygen atoms in total. The topological polar surface area (TPSA) is 59.6 Å². The Morgan fingerprint density at radius 2 is 1.54 bits per heavy atom. The third-order valence-corrected chi connectivity index (χ3v) is 3.11. The lowest BCUT2D eigenvalue weighted by Crippen LogP contribution is -2.20. The van der Waals surface area contributed by atoms with Crippen molar-refractivity contribution in [3.63, 3.8) is 0 Å². The Kier molecular flexibility index (Phi) is 5.18. The molecule has 2 aromatic rings. The van der Waals surface area contributed by atoms with Crippen LogP contribution in [0.2, 0.25) is 0 Å². The van der Waals surface area contributed by atoms with Gasteiger partial charge in [0.2, 0.25) is 0 Å². The van der Waals surface area contributed by atoms with Crippen LogP contribution < -0.4 is 20.1 Å². The van der Waals surface area contributed by atoms with Gasteiger partial charge in [-0.15, -0.1) is 0 Å². The van der Waals surface area contributed by atoms with Crippen LogP contribution in [0.3, 0.4) is 0 Å². The molecule has 8 heteroatoms. The molecule has 0 aliphatic heterocycles. The number of benzene rings is 2. The Morgan fingerprint density at radius 3 is 2.08 bits per heavy atom. The molecule has 2 aromatic carbocycles. The van der Waals surface area contributed by atoms with Gasteiger partial charge < -0.3 is 20.1 Å². The normalized spacial score (nSPS) is 10.9. The molecule has 0 aliphatic rings. The number of urea groups is 1. The third kappa shape index (κ3) is 4.09. The van der Waals surface area contributed by atoms with Crippen LogP contribution in [0.25, 0.3) is 0 Å². The highest BCUT2D eigenvalue weighted by Crippen LogP contribution is 2.34. The maximum Gasteiger partial charge on any atom is 0.416 e. The van der Waals surface area contributed by atoms with E-state index in [0.717, 1.165) is 12.1 Å². The summed E-state index contributed by atoms with van der Waals surface area (Å²) in [7, 11) is 2.84. The lowest BCUT2D eigenvalue weighted by Gasteiger charge is -2.15. The van der Waals surface area contributed by atoms with E-state index in [1.54, 1.807) is 18.2 Å². The van der Waals surface area contributed by atoms with Crippen LogP contribution in [-0.4, -0.2) is 20.3 Å². The second-order valence-corrected chi connectivity index (χ2v) is 4.70. The van der Waals surface area contributed by atoms with Crippen LogP contribution >= 0.6 is 0 Å². The van der Waals surface area contributed by atoms with Crippen molar-refractivity contribution in [2.24, 2.45) is 0 Å². The predicted octanol–water partition coefficient (Wildman–Crippen LogP) is 4.37. The van der Waals surface area contributed by atoms with Crippen LogP contribution in [0, 0.1) is 0 Å². The maximum atomic E-state index is 12.7. The summed E-state index contributed by atoms with van der Waals surface area (Å²) in [4.78, 5) is 12.1. The van der Waals surface area contributed by atoms with Gasteiger partial charge in [-0.3, -0.25) is 0 Å². The van der Waals surface area contributed by atoms with Gasteiger partial charge in [-0.25, -0.2) is 4.79 Å². The van der Waals surface area contributed by atoms with Gasteiger partial charge in [0.05, 0.1) is 19.8 Å². The molecule has 0 spiro atoms. The number of anilines is 2. The van der Waals surface area contributed by atoms with Crippen molar-refractivity contribution < 1.29 is 27.4 Å². The molecule has 0 bridgehead atoms. The van der Waals surface area contributed by atoms with E-state index in [2.05, 4.69) is 10.6 Å². The minimum atomic E-state index is -4.49. The largest absolute Gasteiger partial charge is 0.494 e. The summed E-state index contributed by atoms with van der Waals surface area (Å²) < 4.78 is 48.3. The van der Waals surface area contributed by atoms with Gasteiger partial charge in [0.1, 0.15) is 17.2 Å². The lowest BCUT2D eigenvalue weighted by atomic mass is 10.2. The van der Waals surface area contributed by atoms with Crippen LogP contribution in [-0.2, 0) is 6.18 Å². The highest BCUT2D eigenvalue weighted by atomic mass is 19.4. The molecule has 0 saturated carbocycles. The molecule has 2 N–H and O–H groups in total. The number of alkyl halides is 3. The minimum absolute atomic E-state index is 0.0104. The standard InChI is InChI=1S/C16H15F3N2O3/c1-23-12-7-4-8-13(24-2)14(12)21-15(22)20-11-6-3-5-10(9-11)16(17,18)19/h3-9H,1-2H3,(H2,20,21,22). The molecule has 0 heterocycles. The molecular formula is C16H15F3N2O3. The zero-order valence-corrected chi connectivity index (χ0v) is 12.9. The molecule has 0 saturated heterocycles. The van der Waals surface area contributed by atoms with Crippen molar-refractivity contribution in [2.45, 2.75) is 6.18 Å². The molecule has 2 amide bonds. The Bertz CT molecular complexity index is 710. The predicted molar refractivity (Wildman–Crippen MR) is 83.6 cm³/mol. The fraction of sp³-hybridized carbons (Fsp3) is 0.188. The minimum Gasteiger partial charge on any atom is -0.494 e. The van der Waals surface area contributed by atoms with Gasteiger partial charge >= 0.3 is 12.2 Å². The van der Waals surface area contributed by atoms with Crippen molar-refractivity contribution in [3.05, 3.63) is 48.0 Å². The number of hydrogen-bond donors (Lipinski definition) is 2. The molecule has 0 unspecified atom stereocenters. The highest BCUT2D eigenvalue weighted by molar-refractivity contribution is 6.01. The van der Waals surface area contributed by atoms with Gasteiger partial charge in [0, 0.05) is 5.69 Å². The second-order valence-electron chi connectivity index (χ2n) is 4.70. The van der Waals surface area contributed by atoms with Gasteiger partial charge in [-0.05, 0) is 30.3 Å². The summed E-state index contributed by atoms with van der Waals surface area (Å²) in [5.74, 6) is 0.710. The van der Waals surface area contributed by atoms with Crippen molar-refractivity contribution >= 4 is 17.4 Å². The zero-order chi connectivity index (χ0) is 17.7. The highest BCUT2D eigenvalue weighted by Gasteiger charge is 2.30. The summed E-state index contributed by atoms with van der Waals surface area (Å²) in [6.45, 7) is 0. The van der Waals surface area contributed by atoms with Crippen LogP contribution in [0.1, 0.15) is 5.56 Å². The molecule has 0 fully saturated rings. The van der Waals surface area contributed by atoms with Gasteiger partial charge in [-0.2, -0.15) is 13.2 Å². The van der Waals surface area contributed by atoms with Crippen LogP contribution in [0.15, 0.2) is 42.5 Å². The smallest absolute Gasteiger partial charge is 0.416 e. The molecule has 24 heavy (non-hydrogen) atoms. The van der Waals surface area contributed by atoms with E-state index in [-0.39, 0.29) is 11.4 Å². The van der Waals surface area contributed by atoms with Gasteiger partial charge in [0.15, 0.2) is 0 Å². The number of rotatable bonds is 4. The van der Waals surface area contributed by atoms with E-state index >= 15 is 0 Å². The molecule has 2 rings (SSSR count). The number of para-hydroxylation sites is 1. The maximum absolute atomic E-state index is 12.7. The number of amides is 2. The summed E-state index contributed by atoms with van der Waals surface area (Å²) in [6, 6.07) is 8.51. The lowest BCUT2D eigenvalue weighted by molar-refractivity contribution is -0.137. The first-order chi connectivity index (χ1) is 11.3. The van der Waals surface area contributed by atoms with Gasteiger partial charge in [0.25, 0.3) is 0 Å². The quantitative estimate of drug-likeness (QED) is 0.869. The van der Waals surface area contributed by atoms with Crippen molar-refractivity contribution in [1.29, 1.82) is 0 Å². The van der Waals surface area contributed by atoms with E-state index in [4.69, 9.17) is 9.47 Å². The summed E-state index contributed by atoms with van der Waals surface area (Å²) in [6.07, 6.45) is -4.49. The third-order valence-electron chi connectivity index (χ3n) is 3.11. The first-order valence-corrected chi connectivity index (χ1v) is 6.81. The summed E-state index contributed by atoms with van der Waals surface area (Å²) >= 11 is 0. The average Bonchev–Trinajstić information content (AvgIpc) is 2.54. The van der Waals surface area contributed by atoms with Crippen molar-refractivity contribution in [2.75, 3.05) is 24.9 Å². The number of hydrogen-bond acceptors (Lipinski definition) is 3. The molecule has 128 valence electrons. The Morgan fingerprint density at radius 1 is 0.958 bits per heavy atom. The first kappa shape index (κ1) is 17.5. The van der Waals surface area contributed by atoms with E-state index < -0.39 is 17.8 Å². The summed E-state index contributed by atoms with van der Waals surface area (Å²) in [5, 5.41) is 4.85. The van der Waals surface area contributed by atoms with Crippen molar-refractivity contribution in [1.82, 2.24) is 0 Å². The number of halogens is 3. The fourth-order valence-corrected chi connectivity index (χ4v) is 2.02. The Labute approximate surface area is 136 Å². The molecule has 0 atom stereocenters. The molecule has 0 aromatic heterocycles. The number of carbonyl (C=O) groups excluding carboxylic acids is 1. The fourth-order valence-electron chi connectivity index (χ4n) is 2.02. The van der Waals surface area contributed by atoms with E-state index in [9.17, 15) is 18.0 Å². The average molecular weight is 340 g/mol. The number of methoxy groups -OCH3 is 2. The SMILES string of the molecule is COc1cccc(OC)c1NC(=O)Nc1cccc(C(F)(F)F)c1.